The number of amides is 1. The van der Waals surface area contributed by atoms with Crippen molar-refractivity contribution < 1.29 is 18.0 Å². The molecule has 0 fully saturated rings. The molecule has 0 unspecified atom stereocenters. The molecule has 156 valence electrons. The molecule has 0 saturated heterocycles. The molecule has 4 rings (SSSR count). The second kappa shape index (κ2) is 7.63. The third kappa shape index (κ3) is 3.84. The van der Waals surface area contributed by atoms with Crippen LogP contribution in [0.15, 0.2) is 48.7 Å². The first-order valence-corrected chi connectivity index (χ1v) is 9.79. The van der Waals surface area contributed by atoms with Crippen LogP contribution in [0.4, 0.5) is 13.2 Å². The Balaban J connectivity index is 1.61. The van der Waals surface area contributed by atoms with Gasteiger partial charge < -0.3 is 5.32 Å². The first-order valence-electron chi connectivity index (χ1n) is 9.79. The molecule has 1 aliphatic carbocycles. The fourth-order valence-electron chi connectivity index (χ4n) is 4.10. The number of carbonyl (C=O) groups is 1. The Morgan fingerprint density at radius 3 is 2.57 bits per heavy atom. The van der Waals surface area contributed by atoms with E-state index in [-0.39, 0.29) is 11.5 Å². The fraction of sp³-hybridized carbons (Fsp3) is 0.304. The third-order valence-corrected chi connectivity index (χ3v) is 5.49. The van der Waals surface area contributed by atoms with E-state index in [1.165, 1.54) is 0 Å². The van der Waals surface area contributed by atoms with E-state index in [0.29, 0.717) is 12.5 Å². The van der Waals surface area contributed by atoms with E-state index in [9.17, 15) is 18.0 Å². The van der Waals surface area contributed by atoms with Crippen LogP contribution >= 0.6 is 0 Å². The normalized spacial score (nSPS) is 17.4. The van der Waals surface area contributed by atoms with Crippen molar-refractivity contribution in [1.29, 1.82) is 0 Å². The summed E-state index contributed by atoms with van der Waals surface area (Å²) in [6, 6.07) is 10.9. The summed E-state index contributed by atoms with van der Waals surface area (Å²) in [4.78, 5) is 12.6. The van der Waals surface area contributed by atoms with Crippen molar-refractivity contribution in [2.45, 2.75) is 39.2 Å². The molecule has 0 aliphatic heterocycles. The van der Waals surface area contributed by atoms with Crippen molar-refractivity contribution >= 4 is 5.91 Å². The standard InChI is InChI=1S/C23H22F3N3O/c1-23(2)11-19(28-21(30)10-15-17(24)8-9-18(25)22(15)26)16-13-27-29(20(16)12-23)14-6-4-3-5-7-14/h3-9,13,19H,10-12H2,1-2H3,(H,28,30)/t19-/m1/s1. The van der Waals surface area contributed by atoms with E-state index in [0.717, 1.165) is 29.4 Å². The minimum atomic E-state index is -1.33. The maximum atomic E-state index is 13.9. The van der Waals surface area contributed by atoms with Gasteiger partial charge >= 0.3 is 0 Å². The lowest BCUT2D eigenvalue weighted by molar-refractivity contribution is -0.121. The van der Waals surface area contributed by atoms with E-state index < -0.39 is 35.3 Å². The number of halogens is 3. The molecule has 30 heavy (non-hydrogen) atoms. The van der Waals surface area contributed by atoms with E-state index in [1.807, 2.05) is 35.0 Å². The quantitative estimate of drug-likeness (QED) is 0.633. The largest absolute Gasteiger partial charge is 0.349 e. The van der Waals surface area contributed by atoms with Crippen molar-refractivity contribution in [2.75, 3.05) is 0 Å². The number of para-hydroxylation sites is 1. The lowest BCUT2D eigenvalue weighted by Gasteiger charge is -2.36. The Bertz CT molecular complexity index is 1090. The molecule has 0 saturated carbocycles. The highest BCUT2D eigenvalue weighted by Crippen LogP contribution is 2.41. The molecule has 1 heterocycles. The van der Waals surface area contributed by atoms with Gasteiger partial charge in [-0.2, -0.15) is 5.10 Å². The number of fused-ring (bicyclic) bond motifs is 1. The Labute approximate surface area is 172 Å². The third-order valence-electron chi connectivity index (χ3n) is 5.49. The van der Waals surface area contributed by atoms with Crippen LogP contribution < -0.4 is 5.32 Å². The van der Waals surface area contributed by atoms with Gasteiger partial charge in [-0.05, 0) is 42.5 Å². The van der Waals surface area contributed by atoms with Crippen molar-refractivity contribution in [1.82, 2.24) is 15.1 Å². The second-order valence-corrected chi connectivity index (χ2v) is 8.46. The summed E-state index contributed by atoms with van der Waals surface area (Å²) >= 11 is 0. The number of nitrogens with zero attached hydrogens (tertiary/aromatic N) is 2. The van der Waals surface area contributed by atoms with Crippen LogP contribution in [-0.2, 0) is 17.6 Å². The first-order chi connectivity index (χ1) is 14.2. The zero-order valence-corrected chi connectivity index (χ0v) is 16.8. The number of benzene rings is 2. The minimum Gasteiger partial charge on any atom is -0.349 e. The van der Waals surface area contributed by atoms with Gasteiger partial charge in [0, 0.05) is 11.1 Å². The summed E-state index contributed by atoms with van der Waals surface area (Å²) in [5.74, 6) is -4.01. The molecular weight excluding hydrogens is 391 g/mol. The summed E-state index contributed by atoms with van der Waals surface area (Å²) in [7, 11) is 0. The van der Waals surface area contributed by atoms with E-state index >= 15 is 0 Å². The predicted molar refractivity (Wildman–Crippen MR) is 107 cm³/mol. The van der Waals surface area contributed by atoms with Crippen LogP contribution in [0.2, 0.25) is 0 Å². The molecular formula is C23H22F3N3O. The van der Waals surface area contributed by atoms with Crippen LogP contribution in [0.25, 0.3) is 5.69 Å². The maximum absolute atomic E-state index is 13.9. The number of nitrogens with one attached hydrogen (secondary N) is 1. The van der Waals surface area contributed by atoms with Crippen LogP contribution in [0, 0.1) is 22.9 Å². The summed E-state index contributed by atoms with van der Waals surface area (Å²) < 4.78 is 43.2. The topological polar surface area (TPSA) is 46.9 Å². The highest BCUT2D eigenvalue weighted by Gasteiger charge is 2.36. The summed E-state index contributed by atoms with van der Waals surface area (Å²) in [5, 5.41) is 7.38. The number of rotatable bonds is 4. The van der Waals surface area contributed by atoms with Crippen LogP contribution in [-0.4, -0.2) is 15.7 Å². The van der Waals surface area contributed by atoms with Crippen LogP contribution in [0.1, 0.15) is 43.1 Å². The van der Waals surface area contributed by atoms with Crippen molar-refractivity contribution in [2.24, 2.45) is 5.41 Å². The zero-order chi connectivity index (χ0) is 21.5. The highest BCUT2D eigenvalue weighted by molar-refractivity contribution is 5.79. The molecule has 1 amide bonds. The molecule has 1 N–H and O–H groups in total. The van der Waals surface area contributed by atoms with Gasteiger partial charge in [0.25, 0.3) is 0 Å². The molecule has 3 aromatic rings. The maximum Gasteiger partial charge on any atom is 0.225 e. The summed E-state index contributed by atoms with van der Waals surface area (Å²) in [5.41, 5.74) is 2.11. The molecule has 0 radical (unpaired) electrons. The van der Waals surface area contributed by atoms with E-state index in [4.69, 9.17) is 0 Å². The van der Waals surface area contributed by atoms with E-state index in [1.54, 1.807) is 6.20 Å². The Hall–Kier alpha value is -3.09. The average Bonchev–Trinajstić information content (AvgIpc) is 3.11. The van der Waals surface area contributed by atoms with Crippen molar-refractivity contribution in [3.63, 3.8) is 0 Å². The van der Waals surface area contributed by atoms with Gasteiger partial charge in [-0.25, -0.2) is 17.9 Å². The Morgan fingerprint density at radius 1 is 1.13 bits per heavy atom. The molecule has 0 bridgehead atoms. The molecule has 0 spiro atoms. The van der Waals surface area contributed by atoms with Crippen LogP contribution in [0.3, 0.4) is 0 Å². The summed E-state index contributed by atoms with van der Waals surface area (Å²) in [6.07, 6.45) is 2.58. The first kappa shape index (κ1) is 20.2. The van der Waals surface area contributed by atoms with Gasteiger partial charge in [-0.15, -0.1) is 0 Å². The number of hydrogen-bond donors (Lipinski definition) is 1. The number of hydrogen-bond acceptors (Lipinski definition) is 2. The average molecular weight is 413 g/mol. The van der Waals surface area contributed by atoms with Gasteiger partial charge in [0.1, 0.15) is 5.82 Å². The number of carbonyl (C=O) groups excluding carboxylic acids is 1. The van der Waals surface area contributed by atoms with Gasteiger partial charge in [-0.1, -0.05) is 32.0 Å². The molecule has 1 aliphatic rings. The van der Waals surface area contributed by atoms with Gasteiger partial charge in [-0.3, -0.25) is 4.79 Å². The predicted octanol–water partition coefficient (Wildman–Crippen LogP) is 4.66. The van der Waals surface area contributed by atoms with Gasteiger partial charge in [0.2, 0.25) is 5.91 Å². The Morgan fingerprint density at radius 2 is 1.83 bits per heavy atom. The Kier molecular flexibility index (Phi) is 5.13. The van der Waals surface area contributed by atoms with Gasteiger partial charge in [0.05, 0.1) is 30.0 Å². The monoisotopic (exact) mass is 413 g/mol. The highest BCUT2D eigenvalue weighted by atomic mass is 19.2. The van der Waals surface area contributed by atoms with Crippen molar-refractivity contribution in [3.8, 4) is 5.69 Å². The lowest BCUT2D eigenvalue weighted by atomic mass is 9.74. The lowest BCUT2D eigenvalue weighted by Crippen LogP contribution is -2.37. The van der Waals surface area contributed by atoms with Crippen molar-refractivity contribution in [3.05, 3.63) is 82.9 Å². The summed E-state index contributed by atoms with van der Waals surface area (Å²) in [6.45, 7) is 4.20. The SMILES string of the molecule is CC1(C)Cc2c(cnn2-c2ccccc2)[C@H](NC(=O)Cc2c(F)ccc(F)c2F)C1. The van der Waals surface area contributed by atoms with Gasteiger partial charge in [0.15, 0.2) is 11.6 Å². The minimum absolute atomic E-state index is 0.118. The smallest absolute Gasteiger partial charge is 0.225 e. The molecule has 2 aromatic carbocycles. The molecule has 1 aromatic heterocycles. The zero-order valence-electron chi connectivity index (χ0n) is 16.8. The number of aromatic nitrogens is 2. The molecule has 7 heteroatoms. The van der Waals surface area contributed by atoms with E-state index in [2.05, 4.69) is 24.3 Å². The fourth-order valence-corrected chi connectivity index (χ4v) is 4.10. The van der Waals surface area contributed by atoms with Crippen LogP contribution in [0.5, 0.6) is 0 Å². The second-order valence-electron chi connectivity index (χ2n) is 8.46. The molecule has 1 atom stereocenters. The molecule has 4 nitrogen and oxygen atoms in total.